The second-order valence-electron chi connectivity index (χ2n) is 14.5. The number of anilines is 2. The maximum atomic E-state index is 5.17. The van der Waals surface area contributed by atoms with Crippen molar-refractivity contribution in [1.82, 2.24) is 14.5 Å². The quantitative estimate of drug-likeness (QED) is 0.172. The van der Waals surface area contributed by atoms with Crippen molar-refractivity contribution in [1.29, 1.82) is 0 Å². The van der Waals surface area contributed by atoms with Crippen LogP contribution in [0.15, 0.2) is 200 Å². The molecule has 0 saturated carbocycles. The molecule has 0 fully saturated rings. The Bertz CT molecular complexity index is 2880. The van der Waals surface area contributed by atoms with Crippen molar-refractivity contribution in [2.24, 2.45) is 0 Å². The molecular formula is C52H36N4. The Morgan fingerprint density at radius 1 is 0.482 bits per heavy atom. The molecule has 4 heteroatoms. The van der Waals surface area contributed by atoms with Crippen LogP contribution >= 0.6 is 0 Å². The fourth-order valence-electron chi connectivity index (χ4n) is 8.77. The maximum Gasteiger partial charge on any atom is 0.0899 e. The number of rotatable bonds is 6. The molecule has 0 spiro atoms. The second-order valence-corrected chi connectivity index (χ2v) is 14.5. The molecule has 2 aliphatic rings. The van der Waals surface area contributed by atoms with Crippen LogP contribution < -0.4 is 4.90 Å². The van der Waals surface area contributed by atoms with Gasteiger partial charge in [0.15, 0.2) is 0 Å². The Morgan fingerprint density at radius 2 is 1.18 bits per heavy atom. The number of pyridine rings is 2. The van der Waals surface area contributed by atoms with Crippen LogP contribution in [0.3, 0.4) is 0 Å². The molecule has 1 atom stereocenters. The van der Waals surface area contributed by atoms with Gasteiger partial charge in [-0.3, -0.25) is 4.98 Å². The zero-order valence-corrected chi connectivity index (χ0v) is 30.6. The summed E-state index contributed by atoms with van der Waals surface area (Å²) in [5.74, 6) is 0. The molecule has 0 amide bonds. The number of nitrogens with zero attached hydrogens (tertiary/aromatic N) is 4. The molecule has 56 heavy (non-hydrogen) atoms. The van der Waals surface area contributed by atoms with Crippen LogP contribution in [-0.2, 0) is 0 Å². The number of para-hydroxylation sites is 3. The zero-order chi connectivity index (χ0) is 37.0. The van der Waals surface area contributed by atoms with E-state index in [9.17, 15) is 0 Å². The lowest BCUT2D eigenvalue weighted by Gasteiger charge is -2.29. The number of benzene rings is 6. The molecule has 11 rings (SSSR count). The first-order valence-electron chi connectivity index (χ1n) is 19.3. The number of fused-ring (bicyclic) bond motifs is 6. The summed E-state index contributed by atoms with van der Waals surface area (Å²) in [7, 11) is 0. The summed E-state index contributed by atoms with van der Waals surface area (Å²) in [5.41, 5.74) is 16.9. The van der Waals surface area contributed by atoms with Crippen LogP contribution in [0.1, 0.15) is 12.0 Å². The minimum Gasteiger partial charge on any atom is -0.333 e. The topological polar surface area (TPSA) is 34.0 Å². The van der Waals surface area contributed by atoms with Gasteiger partial charge in [0.2, 0.25) is 0 Å². The molecule has 0 N–H and O–H groups in total. The molecule has 0 bridgehead atoms. The van der Waals surface area contributed by atoms with Crippen LogP contribution in [0.4, 0.5) is 11.4 Å². The standard InChI is InChI=1S/C52H36N4/c1-2-14-35(15-3-1)38-32-46(54-47(33-38)45-20-12-13-31-53-45)37-27-25-36(26-28-37)44-34-39(55-48-21-8-4-16-40(48)41-17-5-9-22-49(41)55)29-30-52(44)56-50-23-10-6-18-42(50)43-19-7-11-24-51(43)56/h1-21,23-34,49H,22H2. The maximum absolute atomic E-state index is 5.17. The predicted molar refractivity (Wildman–Crippen MR) is 232 cm³/mol. The molecule has 9 aromatic rings. The fraction of sp³-hybridized carbons (Fsp3) is 0.0385. The summed E-state index contributed by atoms with van der Waals surface area (Å²) in [4.78, 5) is 12.4. The van der Waals surface area contributed by atoms with Gasteiger partial charge in [0.05, 0.1) is 39.8 Å². The first-order valence-corrected chi connectivity index (χ1v) is 19.3. The molecular weight excluding hydrogens is 681 g/mol. The highest BCUT2D eigenvalue weighted by atomic mass is 15.2. The molecule has 1 aliphatic heterocycles. The van der Waals surface area contributed by atoms with E-state index in [0.717, 1.165) is 51.4 Å². The smallest absolute Gasteiger partial charge is 0.0899 e. The van der Waals surface area contributed by atoms with Crippen molar-refractivity contribution < 1.29 is 0 Å². The highest BCUT2D eigenvalue weighted by Gasteiger charge is 2.35. The van der Waals surface area contributed by atoms with E-state index in [1.807, 2.05) is 24.4 Å². The van der Waals surface area contributed by atoms with Crippen LogP contribution in [0, 0.1) is 0 Å². The van der Waals surface area contributed by atoms with Gasteiger partial charge >= 0.3 is 0 Å². The summed E-state index contributed by atoms with van der Waals surface area (Å²) < 4.78 is 2.44. The van der Waals surface area contributed by atoms with Gasteiger partial charge in [-0.05, 0) is 89.3 Å². The van der Waals surface area contributed by atoms with Crippen LogP contribution in [0.5, 0.6) is 0 Å². The van der Waals surface area contributed by atoms with Gasteiger partial charge < -0.3 is 9.47 Å². The van der Waals surface area contributed by atoms with Gasteiger partial charge in [0.1, 0.15) is 0 Å². The average molecular weight is 717 g/mol. The van der Waals surface area contributed by atoms with E-state index >= 15 is 0 Å². The second kappa shape index (κ2) is 13.2. The van der Waals surface area contributed by atoms with E-state index in [1.54, 1.807) is 0 Å². The third kappa shape index (κ3) is 5.30. The van der Waals surface area contributed by atoms with E-state index in [1.165, 1.54) is 49.9 Å². The van der Waals surface area contributed by atoms with Gasteiger partial charge in [-0.15, -0.1) is 0 Å². The van der Waals surface area contributed by atoms with Gasteiger partial charge in [-0.2, -0.15) is 0 Å². The highest BCUT2D eigenvalue weighted by Crippen LogP contribution is 2.49. The SMILES string of the molecule is C1=CCC2C(=C1)c1ccccc1N2c1ccc(-n2c3ccccc3c3ccccc32)c(-c2ccc(-c3cc(-c4ccccc4)cc(-c4ccccn4)n3)cc2)c1. The van der Waals surface area contributed by atoms with E-state index in [2.05, 4.69) is 190 Å². The molecule has 6 aromatic carbocycles. The van der Waals surface area contributed by atoms with Crippen LogP contribution in [-0.4, -0.2) is 20.6 Å². The van der Waals surface area contributed by atoms with E-state index < -0.39 is 0 Å². The van der Waals surface area contributed by atoms with Crippen LogP contribution in [0.2, 0.25) is 0 Å². The number of hydrogen-bond donors (Lipinski definition) is 0. The lowest BCUT2D eigenvalue weighted by Crippen LogP contribution is -2.27. The summed E-state index contributed by atoms with van der Waals surface area (Å²) in [5, 5.41) is 2.50. The van der Waals surface area contributed by atoms with Gasteiger partial charge in [0, 0.05) is 45.0 Å². The Morgan fingerprint density at radius 3 is 1.96 bits per heavy atom. The summed E-state index contributed by atoms with van der Waals surface area (Å²) in [6, 6.07) is 63.4. The number of allylic oxidation sites excluding steroid dienone is 2. The Hall–Kier alpha value is -7.30. The molecule has 1 aliphatic carbocycles. The van der Waals surface area contributed by atoms with Crippen molar-refractivity contribution in [3.05, 3.63) is 206 Å². The van der Waals surface area contributed by atoms with Gasteiger partial charge in [-0.1, -0.05) is 133 Å². The zero-order valence-electron chi connectivity index (χ0n) is 30.6. The average Bonchev–Trinajstić information content (AvgIpc) is 3.80. The van der Waals surface area contributed by atoms with Crippen LogP contribution in [0.25, 0.3) is 78.0 Å². The minimum atomic E-state index is 0.253. The normalized spacial score (nSPS) is 14.5. The van der Waals surface area contributed by atoms with Gasteiger partial charge in [0.25, 0.3) is 0 Å². The molecule has 0 saturated heterocycles. The number of hydrogen-bond acceptors (Lipinski definition) is 3. The van der Waals surface area contributed by atoms with E-state index in [4.69, 9.17) is 4.98 Å². The van der Waals surface area contributed by atoms with Gasteiger partial charge in [-0.25, -0.2) is 4.98 Å². The minimum absolute atomic E-state index is 0.253. The molecule has 3 aromatic heterocycles. The Labute approximate surface area is 326 Å². The summed E-state index contributed by atoms with van der Waals surface area (Å²) >= 11 is 0. The Kier molecular flexibility index (Phi) is 7.59. The van der Waals surface area contributed by atoms with Crippen molar-refractivity contribution in [2.45, 2.75) is 12.5 Å². The Balaban J connectivity index is 1.09. The molecule has 1 unspecified atom stereocenters. The first kappa shape index (κ1) is 32.2. The molecule has 0 radical (unpaired) electrons. The van der Waals surface area contributed by atoms with E-state index in [0.29, 0.717) is 0 Å². The fourth-order valence-corrected chi connectivity index (χ4v) is 8.77. The highest BCUT2D eigenvalue weighted by molar-refractivity contribution is 6.10. The summed E-state index contributed by atoms with van der Waals surface area (Å²) in [6.07, 6.45) is 9.58. The number of aromatic nitrogens is 3. The largest absolute Gasteiger partial charge is 0.333 e. The molecule has 4 nitrogen and oxygen atoms in total. The molecule has 4 heterocycles. The molecule has 264 valence electrons. The van der Waals surface area contributed by atoms with Crippen molar-refractivity contribution in [3.8, 4) is 50.6 Å². The van der Waals surface area contributed by atoms with Crippen molar-refractivity contribution in [2.75, 3.05) is 4.90 Å². The lowest BCUT2D eigenvalue weighted by atomic mass is 9.95. The third-order valence-electron chi connectivity index (χ3n) is 11.3. The third-order valence-corrected chi connectivity index (χ3v) is 11.3. The van der Waals surface area contributed by atoms with Crippen molar-refractivity contribution in [3.63, 3.8) is 0 Å². The van der Waals surface area contributed by atoms with Crippen molar-refractivity contribution >= 4 is 38.8 Å². The predicted octanol–water partition coefficient (Wildman–Crippen LogP) is 13.1. The van der Waals surface area contributed by atoms with E-state index in [-0.39, 0.29) is 6.04 Å². The first-order chi connectivity index (χ1) is 27.8. The lowest BCUT2D eigenvalue weighted by molar-refractivity contribution is 0.829. The monoisotopic (exact) mass is 716 g/mol. The summed E-state index contributed by atoms with van der Waals surface area (Å²) in [6.45, 7) is 0.